The molecule has 0 saturated heterocycles. The van der Waals surface area contributed by atoms with Crippen LogP contribution >= 0.6 is 10.2 Å². The molecule has 0 amide bonds. The number of fused-ring (bicyclic) bond motifs is 2. The fourth-order valence-corrected chi connectivity index (χ4v) is 2.62. The number of Topliss-reactive ketones (excluding diaryl/α,β-unsaturated/α-hetero) is 1. The second-order valence-corrected chi connectivity index (χ2v) is 6.79. The Labute approximate surface area is 117 Å². The summed E-state index contributed by atoms with van der Waals surface area (Å²) < 4.78 is 60.6. The first kappa shape index (κ1) is 15.3. The number of allylic oxidation sites excluding steroid dienone is 6. The summed E-state index contributed by atoms with van der Waals surface area (Å²) in [7, 11) is -9.60. The van der Waals surface area contributed by atoms with Crippen LogP contribution in [0.5, 0.6) is 0 Å². The van der Waals surface area contributed by atoms with Crippen molar-refractivity contribution in [1.29, 1.82) is 0 Å². The van der Waals surface area contributed by atoms with Gasteiger partial charge in [0, 0.05) is 11.1 Å². The molecule has 0 spiro atoms. The molecule has 2 aliphatic rings. The van der Waals surface area contributed by atoms with E-state index >= 15 is 0 Å². The zero-order valence-corrected chi connectivity index (χ0v) is 11.2. The average molecular weight is 323 g/mol. The molecule has 8 heteroatoms. The van der Waals surface area contributed by atoms with Gasteiger partial charge in [-0.05, 0) is 12.1 Å². The van der Waals surface area contributed by atoms with Crippen molar-refractivity contribution in [3.63, 3.8) is 0 Å². The first-order valence-electron chi connectivity index (χ1n) is 5.62. The van der Waals surface area contributed by atoms with Crippen LogP contribution in [0, 0.1) is 0 Å². The van der Waals surface area contributed by atoms with Gasteiger partial charge in [0.25, 0.3) is 0 Å². The van der Waals surface area contributed by atoms with Crippen molar-refractivity contribution in [2.75, 3.05) is 5.73 Å². The van der Waals surface area contributed by atoms with Gasteiger partial charge in [0.2, 0.25) is 0 Å². The fourth-order valence-electron chi connectivity index (χ4n) is 1.77. The minimum atomic E-state index is -9.60. The monoisotopic (exact) mass is 323 g/mol. The Morgan fingerprint density at radius 1 is 0.857 bits per heavy atom. The van der Waals surface area contributed by atoms with Gasteiger partial charge < -0.3 is 5.73 Å². The first-order chi connectivity index (χ1) is 9.38. The largest absolute Gasteiger partial charge is 0.398 e. The van der Waals surface area contributed by atoms with Crippen molar-refractivity contribution in [2.24, 2.45) is 0 Å². The maximum atomic E-state index is 12.1. The van der Waals surface area contributed by atoms with Gasteiger partial charge in [-0.3, -0.25) is 4.79 Å². The van der Waals surface area contributed by atoms with Crippen LogP contribution in [-0.4, -0.2) is 5.78 Å². The Morgan fingerprint density at radius 3 is 1.57 bits per heavy atom. The summed E-state index contributed by atoms with van der Waals surface area (Å²) in [5.74, 6) is 0.185. The van der Waals surface area contributed by atoms with Crippen molar-refractivity contribution in [2.45, 2.75) is 4.90 Å². The maximum absolute atomic E-state index is 12.1. The highest BCUT2D eigenvalue weighted by Crippen LogP contribution is 3.02. The normalized spacial score (nSPS) is 19.2. The van der Waals surface area contributed by atoms with Gasteiger partial charge in [0.15, 0.2) is 5.78 Å². The molecule has 0 aromatic heterocycles. The predicted molar refractivity (Wildman–Crippen MR) is 72.6 cm³/mol. The third kappa shape index (κ3) is 3.33. The summed E-state index contributed by atoms with van der Waals surface area (Å²) in [5.41, 5.74) is 5.52. The Morgan fingerprint density at radius 2 is 1.33 bits per heavy atom. The summed E-state index contributed by atoms with van der Waals surface area (Å²) in [6.07, 6.45) is 7.38. The van der Waals surface area contributed by atoms with Crippen LogP contribution in [-0.2, 0) is 4.79 Å². The van der Waals surface area contributed by atoms with E-state index < -0.39 is 20.8 Å². The number of nitrogens with two attached hydrogens (primary N) is 1. The highest BCUT2D eigenvalue weighted by atomic mass is 32.5. The van der Waals surface area contributed by atoms with Gasteiger partial charge in [-0.15, -0.1) is 0 Å². The number of halogens is 5. The molecule has 21 heavy (non-hydrogen) atoms. The van der Waals surface area contributed by atoms with Crippen LogP contribution in [0.3, 0.4) is 0 Å². The van der Waals surface area contributed by atoms with E-state index in [1.165, 1.54) is 0 Å². The standard InChI is InChI=1S/C7H4O.C6H6F5NS/c8-7-5-1-2-6(7)4-3-5;7-13(8,9,10,11)6-4-2-1-3-5(6)12/h1-4H;1-4H,12H2. The van der Waals surface area contributed by atoms with Gasteiger partial charge >= 0.3 is 10.2 Å². The lowest BCUT2D eigenvalue weighted by molar-refractivity contribution is -0.111. The summed E-state index contributed by atoms with van der Waals surface area (Å²) in [5, 5.41) is 0. The molecule has 3 rings (SSSR count). The van der Waals surface area contributed by atoms with E-state index in [0.29, 0.717) is 0 Å². The summed E-state index contributed by atoms with van der Waals surface area (Å²) in [4.78, 5) is 8.74. The molecule has 1 aromatic rings. The smallest absolute Gasteiger partial charge is 0.312 e. The van der Waals surface area contributed by atoms with E-state index in [9.17, 15) is 24.2 Å². The molecule has 0 unspecified atom stereocenters. The topological polar surface area (TPSA) is 43.1 Å². The zero-order valence-electron chi connectivity index (χ0n) is 10.4. The zero-order chi connectivity index (χ0) is 16.0. The van der Waals surface area contributed by atoms with Crippen molar-refractivity contribution < 1.29 is 24.2 Å². The molecular formula is C13H10F5NOS. The molecule has 114 valence electrons. The third-order valence-corrected chi connectivity index (χ3v) is 3.95. The van der Waals surface area contributed by atoms with Crippen LogP contribution < -0.4 is 5.73 Å². The average Bonchev–Trinajstić information content (AvgIpc) is 2.86. The van der Waals surface area contributed by atoms with Crippen LogP contribution in [0.2, 0.25) is 0 Å². The number of anilines is 1. The number of rotatable bonds is 1. The predicted octanol–water partition coefficient (Wildman–Crippen LogP) is 4.92. The lowest BCUT2D eigenvalue weighted by Crippen LogP contribution is -2.08. The van der Waals surface area contributed by atoms with Gasteiger partial charge in [0.05, 0.1) is 5.69 Å². The number of hydrogen-bond donors (Lipinski definition) is 1. The van der Waals surface area contributed by atoms with Crippen molar-refractivity contribution in [3.8, 4) is 0 Å². The molecule has 0 heterocycles. The second-order valence-electron chi connectivity index (χ2n) is 4.41. The highest BCUT2D eigenvalue weighted by molar-refractivity contribution is 8.45. The van der Waals surface area contributed by atoms with Gasteiger partial charge in [0.1, 0.15) is 4.90 Å². The minimum absolute atomic E-state index is 0.185. The third-order valence-electron chi connectivity index (χ3n) is 2.74. The molecular weight excluding hydrogens is 313 g/mol. The number of para-hydroxylation sites is 1. The lowest BCUT2D eigenvalue weighted by atomic mass is 10.2. The van der Waals surface area contributed by atoms with Crippen LogP contribution in [0.15, 0.2) is 64.6 Å². The van der Waals surface area contributed by atoms with E-state index in [0.717, 1.165) is 29.3 Å². The SMILES string of the molecule is Nc1ccccc1S(F)(F)(F)(F)F.O=C1C2=CC=C1C=C2. The van der Waals surface area contributed by atoms with Gasteiger partial charge in [-0.25, -0.2) is 0 Å². The number of benzene rings is 1. The van der Waals surface area contributed by atoms with Gasteiger partial charge in [-0.2, -0.15) is 0 Å². The first-order valence-corrected chi connectivity index (χ1v) is 7.57. The van der Waals surface area contributed by atoms with Crippen LogP contribution in [0.4, 0.5) is 25.1 Å². The minimum Gasteiger partial charge on any atom is -0.398 e. The number of nitrogen functional groups attached to an aromatic ring is 1. The van der Waals surface area contributed by atoms with Crippen molar-refractivity contribution in [1.82, 2.24) is 0 Å². The van der Waals surface area contributed by atoms with E-state index in [-0.39, 0.29) is 11.8 Å². The number of carbonyl (C=O) groups excluding carboxylic acids is 1. The van der Waals surface area contributed by atoms with E-state index in [2.05, 4.69) is 0 Å². The van der Waals surface area contributed by atoms with Crippen molar-refractivity contribution in [3.05, 3.63) is 59.7 Å². The van der Waals surface area contributed by atoms with E-state index in [1.54, 1.807) is 0 Å². The summed E-state index contributed by atoms with van der Waals surface area (Å²) >= 11 is 0. The Bertz CT molecular complexity index is 692. The highest BCUT2D eigenvalue weighted by Gasteiger charge is 2.66. The number of ketones is 1. The summed E-state index contributed by atoms with van der Waals surface area (Å²) in [6, 6.07) is 3.08. The molecule has 0 radical (unpaired) electrons. The Balaban J connectivity index is 0.000000170. The molecule has 0 atom stereocenters. The van der Waals surface area contributed by atoms with Crippen LogP contribution in [0.25, 0.3) is 0 Å². The molecule has 2 bridgehead atoms. The molecule has 0 saturated carbocycles. The van der Waals surface area contributed by atoms with E-state index in [4.69, 9.17) is 5.73 Å². The lowest BCUT2D eigenvalue weighted by Gasteiger charge is -2.41. The molecule has 0 aliphatic heterocycles. The van der Waals surface area contributed by atoms with Gasteiger partial charge in [-0.1, -0.05) is 55.9 Å². The second kappa shape index (κ2) is 3.97. The molecule has 2 N–H and O–H groups in total. The summed E-state index contributed by atoms with van der Waals surface area (Å²) in [6.45, 7) is 0. The quantitative estimate of drug-likeness (QED) is 0.589. The molecule has 1 aromatic carbocycles. The Kier molecular flexibility index (Phi) is 2.89. The Hall–Kier alpha value is -2.09. The number of hydrogen-bond acceptors (Lipinski definition) is 2. The van der Waals surface area contributed by atoms with E-state index in [1.807, 2.05) is 24.3 Å². The number of carbonyl (C=O) groups is 1. The molecule has 2 aliphatic carbocycles. The molecule has 0 fully saturated rings. The molecule has 2 nitrogen and oxygen atoms in total. The fraction of sp³-hybridized carbons (Fsp3) is 0. The van der Waals surface area contributed by atoms with Crippen LogP contribution in [0.1, 0.15) is 0 Å². The maximum Gasteiger partial charge on any atom is 0.312 e. The van der Waals surface area contributed by atoms with Crippen molar-refractivity contribution >= 4 is 21.7 Å².